The lowest BCUT2D eigenvalue weighted by molar-refractivity contribution is -0.384. The maximum Gasteiger partial charge on any atom is 0.273 e. The number of ether oxygens (including phenoxy) is 1. The van der Waals surface area contributed by atoms with Gasteiger partial charge in [-0.1, -0.05) is 35.9 Å². The van der Waals surface area contributed by atoms with Crippen LogP contribution in [0, 0.1) is 10.1 Å². The first-order valence-electron chi connectivity index (χ1n) is 9.77. The molecule has 0 aliphatic heterocycles. The molecule has 0 saturated carbocycles. The molecule has 0 spiro atoms. The second-order valence-corrected chi connectivity index (χ2v) is 9.01. The van der Waals surface area contributed by atoms with E-state index in [0.717, 1.165) is 0 Å². The Hall–Kier alpha value is -3.63. The minimum absolute atomic E-state index is 0.0486. The Morgan fingerprint density at radius 3 is 2.48 bits per heavy atom. The van der Waals surface area contributed by atoms with E-state index in [9.17, 15) is 23.3 Å². The number of amides is 1. The average molecular weight is 490 g/mol. The lowest BCUT2D eigenvalue weighted by atomic mass is 10.3. The van der Waals surface area contributed by atoms with Gasteiger partial charge in [0.1, 0.15) is 5.75 Å². The molecule has 1 amide bonds. The maximum absolute atomic E-state index is 13.2. The molecule has 0 unspecified atom stereocenters. The van der Waals surface area contributed by atoms with Crippen molar-refractivity contribution in [2.75, 3.05) is 22.8 Å². The quantitative estimate of drug-likeness (QED) is 0.349. The van der Waals surface area contributed by atoms with Crippen molar-refractivity contribution in [2.45, 2.75) is 11.8 Å². The first kappa shape index (κ1) is 24.0. The standard InChI is InChI=1S/C22H20ClN3O6S/c1-2-25(16-7-4-3-5-8-16)33(30,31)19-11-12-20(23)21(14-19)24-22(27)15-32-18-10-6-9-17(13-18)26(28)29/h3-14H,2,15H2,1H3,(H,24,27). The molecule has 0 bridgehead atoms. The second-order valence-electron chi connectivity index (χ2n) is 6.74. The van der Waals surface area contributed by atoms with Gasteiger partial charge in [-0.3, -0.25) is 19.2 Å². The molecule has 33 heavy (non-hydrogen) atoms. The normalized spacial score (nSPS) is 11.0. The lowest BCUT2D eigenvalue weighted by Crippen LogP contribution is -2.30. The van der Waals surface area contributed by atoms with E-state index < -0.39 is 27.5 Å². The molecule has 3 aromatic rings. The fraction of sp³-hybridized carbons (Fsp3) is 0.136. The third-order valence-electron chi connectivity index (χ3n) is 4.53. The van der Waals surface area contributed by atoms with Crippen molar-refractivity contribution in [3.05, 3.63) is 87.9 Å². The number of nitro benzene ring substituents is 1. The molecule has 0 heterocycles. The number of benzene rings is 3. The molecule has 3 aromatic carbocycles. The number of anilines is 2. The monoisotopic (exact) mass is 489 g/mol. The molecule has 0 atom stereocenters. The van der Waals surface area contributed by atoms with E-state index in [4.69, 9.17) is 16.3 Å². The third-order valence-corrected chi connectivity index (χ3v) is 6.76. The van der Waals surface area contributed by atoms with E-state index in [-0.39, 0.29) is 33.6 Å². The number of halogens is 1. The van der Waals surface area contributed by atoms with Gasteiger partial charge in [0.25, 0.3) is 21.6 Å². The van der Waals surface area contributed by atoms with Crippen LogP contribution in [0.25, 0.3) is 0 Å². The van der Waals surface area contributed by atoms with Crippen LogP contribution >= 0.6 is 11.6 Å². The SMILES string of the molecule is CCN(c1ccccc1)S(=O)(=O)c1ccc(Cl)c(NC(=O)COc2cccc([N+](=O)[O-])c2)c1. The highest BCUT2D eigenvalue weighted by atomic mass is 35.5. The van der Waals surface area contributed by atoms with Crippen molar-refractivity contribution in [2.24, 2.45) is 0 Å². The molecule has 172 valence electrons. The summed E-state index contributed by atoms with van der Waals surface area (Å²) < 4.78 is 32.9. The molecular weight excluding hydrogens is 470 g/mol. The van der Waals surface area contributed by atoms with Crippen LogP contribution in [-0.4, -0.2) is 32.4 Å². The molecule has 11 heteroatoms. The number of nitrogens with one attached hydrogen (secondary N) is 1. The Labute approximate surface area is 195 Å². The van der Waals surface area contributed by atoms with Crippen molar-refractivity contribution in [3.8, 4) is 5.75 Å². The molecule has 3 rings (SSSR count). The van der Waals surface area contributed by atoms with Gasteiger partial charge in [0, 0.05) is 12.6 Å². The van der Waals surface area contributed by atoms with Gasteiger partial charge < -0.3 is 10.1 Å². The summed E-state index contributed by atoms with van der Waals surface area (Å²) >= 11 is 6.15. The van der Waals surface area contributed by atoms with Crippen LogP contribution in [0.4, 0.5) is 17.1 Å². The molecule has 0 aliphatic carbocycles. The molecule has 0 aliphatic rings. The Balaban J connectivity index is 1.76. The minimum atomic E-state index is -3.92. The number of para-hydroxylation sites is 1. The van der Waals surface area contributed by atoms with E-state index in [0.29, 0.717) is 5.69 Å². The van der Waals surface area contributed by atoms with Crippen LogP contribution in [0.2, 0.25) is 5.02 Å². The summed E-state index contributed by atoms with van der Waals surface area (Å²) in [7, 11) is -3.92. The number of sulfonamides is 1. The van der Waals surface area contributed by atoms with Gasteiger partial charge in [0.05, 0.1) is 32.3 Å². The summed E-state index contributed by atoms with van der Waals surface area (Å²) in [5.74, 6) is -0.475. The predicted molar refractivity (Wildman–Crippen MR) is 125 cm³/mol. The van der Waals surface area contributed by atoms with Crippen LogP contribution < -0.4 is 14.4 Å². The molecule has 0 radical (unpaired) electrons. The fourth-order valence-electron chi connectivity index (χ4n) is 3.00. The van der Waals surface area contributed by atoms with Gasteiger partial charge in [0.2, 0.25) is 0 Å². The number of non-ortho nitro benzene ring substituents is 1. The smallest absolute Gasteiger partial charge is 0.273 e. The largest absolute Gasteiger partial charge is 0.484 e. The maximum atomic E-state index is 13.2. The predicted octanol–water partition coefficient (Wildman–Crippen LogP) is 4.48. The average Bonchev–Trinajstić information content (AvgIpc) is 2.80. The number of nitrogens with zero attached hydrogens (tertiary/aromatic N) is 2. The van der Waals surface area contributed by atoms with Crippen molar-refractivity contribution in [1.82, 2.24) is 0 Å². The number of hydrogen-bond acceptors (Lipinski definition) is 6. The molecule has 0 aromatic heterocycles. The van der Waals surface area contributed by atoms with Gasteiger partial charge in [-0.05, 0) is 43.3 Å². The summed E-state index contributed by atoms with van der Waals surface area (Å²) in [6.07, 6.45) is 0. The molecule has 0 fully saturated rings. The molecule has 0 saturated heterocycles. The Kier molecular flexibility index (Phi) is 7.52. The summed E-state index contributed by atoms with van der Waals surface area (Å²) in [5.41, 5.74) is 0.424. The highest BCUT2D eigenvalue weighted by Gasteiger charge is 2.24. The van der Waals surface area contributed by atoms with E-state index in [1.54, 1.807) is 37.3 Å². The van der Waals surface area contributed by atoms with E-state index in [2.05, 4.69) is 5.32 Å². The van der Waals surface area contributed by atoms with Crippen molar-refractivity contribution in [1.29, 1.82) is 0 Å². The summed E-state index contributed by atoms with van der Waals surface area (Å²) in [5, 5.41) is 13.5. The summed E-state index contributed by atoms with van der Waals surface area (Å²) in [4.78, 5) is 22.6. The Morgan fingerprint density at radius 2 is 1.82 bits per heavy atom. The zero-order chi connectivity index (χ0) is 24.0. The van der Waals surface area contributed by atoms with Crippen LogP contribution in [-0.2, 0) is 14.8 Å². The van der Waals surface area contributed by atoms with E-state index in [1.807, 2.05) is 0 Å². The van der Waals surface area contributed by atoms with E-state index in [1.165, 1.54) is 46.8 Å². The number of hydrogen-bond donors (Lipinski definition) is 1. The zero-order valence-electron chi connectivity index (χ0n) is 17.5. The minimum Gasteiger partial charge on any atom is -0.484 e. The Bertz CT molecular complexity index is 1270. The fourth-order valence-corrected chi connectivity index (χ4v) is 4.66. The molecular formula is C22H20ClN3O6S. The number of nitro groups is 1. The lowest BCUT2D eigenvalue weighted by Gasteiger charge is -2.23. The summed E-state index contributed by atoms with van der Waals surface area (Å²) in [6, 6.07) is 18.0. The van der Waals surface area contributed by atoms with E-state index >= 15 is 0 Å². The molecule has 1 N–H and O–H groups in total. The highest BCUT2D eigenvalue weighted by molar-refractivity contribution is 7.92. The van der Waals surface area contributed by atoms with Crippen molar-refractivity contribution < 1.29 is 22.9 Å². The van der Waals surface area contributed by atoms with Gasteiger partial charge in [-0.25, -0.2) is 8.42 Å². The number of carbonyl (C=O) groups is 1. The summed E-state index contributed by atoms with van der Waals surface area (Å²) in [6.45, 7) is 1.46. The number of rotatable bonds is 9. The van der Waals surface area contributed by atoms with Crippen molar-refractivity contribution >= 4 is 44.6 Å². The first-order valence-corrected chi connectivity index (χ1v) is 11.6. The topological polar surface area (TPSA) is 119 Å². The van der Waals surface area contributed by atoms with Crippen LogP contribution in [0.15, 0.2) is 77.7 Å². The third kappa shape index (κ3) is 5.79. The Morgan fingerprint density at radius 1 is 1.09 bits per heavy atom. The van der Waals surface area contributed by atoms with Crippen LogP contribution in [0.3, 0.4) is 0 Å². The number of carbonyl (C=O) groups excluding carboxylic acids is 1. The second kappa shape index (κ2) is 10.3. The van der Waals surface area contributed by atoms with Crippen LogP contribution in [0.5, 0.6) is 5.75 Å². The first-order chi connectivity index (χ1) is 15.7. The van der Waals surface area contributed by atoms with Gasteiger partial charge in [0.15, 0.2) is 6.61 Å². The van der Waals surface area contributed by atoms with Gasteiger partial charge in [-0.2, -0.15) is 0 Å². The van der Waals surface area contributed by atoms with Crippen LogP contribution in [0.1, 0.15) is 6.92 Å². The highest BCUT2D eigenvalue weighted by Crippen LogP contribution is 2.29. The molecule has 9 nitrogen and oxygen atoms in total. The van der Waals surface area contributed by atoms with Crippen molar-refractivity contribution in [3.63, 3.8) is 0 Å². The van der Waals surface area contributed by atoms with Gasteiger partial charge in [-0.15, -0.1) is 0 Å². The zero-order valence-corrected chi connectivity index (χ0v) is 19.0. The van der Waals surface area contributed by atoms with Gasteiger partial charge >= 0.3 is 0 Å².